The maximum Gasteiger partial charge on any atom is 0.303 e. The first kappa shape index (κ1) is 17.6. The third-order valence-corrected chi connectivity index (χ3v) is 4.78. The fraction of sp³-hybridized carbons (Fsp3) is 0.474. The number of carbonyl (C=O) groups is 1. The maximum absolute atomic E-state index is 14.4. The van der Waals surface area contributed by atoms with Gasteiger partial charge in [-0.15, -0.1) is 0 Å². The second kappa shape index (κ2) is 7.35. The molecule has 2 aromatic rings. The summed E-state index contributed by atoms with van der Waals surface area (Å²) in [6.07, 6.45) is 2.67. The molecule has 1 aromatic carbocycles. The molecule has 1 N–H and O–H groups in total. The Hall–Kier alpha value is -2.21. The Balaban J connectivity index is 2.10. The molecule has 134 valence electrons. The lowest BCUT2D eigenvalue weighted by Crippen LogP contribution is -2.21. The molecule has 0 saturated heterocycles. The van der Waals surface area contributed by atoms with Gasteiger partial charge in [-0.1, -0.05) is 12.1 Å². The van der Waals surface area contributed by atoms with E-state index in [1.165, 1.54) is 6.07 Å². The second-order valence-electron chi connectivity index (χ2n) is 6.90. The molecule has 5 nitrogen and oxygen atoms in total. The minimum Gasteiger partial charge on any atom is -0.481 e. The van der Waals surface area contributed by atoms with E-state index in [1.54, 1.807) is 18.2 Å². The molecule has 0 saturated carbocycles. The zero-order chi connectivity index (χ0) is 18.0. The Bertz CT molecular complexity index is 770. The van der Waals surface area contributed by atoms with Gasteiger partial charge in [0, 0.05) is 23.4 Å². The van der Waals surface area contributed by atoms with Gasteiger partial charge in [0.2, 0.25) is 0 Å². The van der Waals surface area contributed by atoms with Gasteiger partial charge in [0.1, 0.15) is 5.82 Å². The summed E-state index contributed by atoms with van der Waals surface area (Å²) in [5, 5.41) is 14.0. The number of aliphatic carboxylic acids is 1. The first-order chi connectivity index (χ1) is 12.0. The van der Waals surface area contributed by atoms with Crippen LogP contribution in [0.5, 0.6) is 0 Å². The second-order valence-corrected chi connectivity index (χ2v) is 6.90. The summed E-state index contributed by atoms with van der Waals surface area (Å²) >= 11 is 0. The van der Waals surface area contributed by atoms with Crippen LogP contribution in [-0.4, -0.2) is 46.4 Å². The molecule has 0 spiro atoms. The van der Waals surface area contributed by atoms with E-state index in [0.29, 0.717) is 17.8 Å². The predicted molar refractivity (Wildman–Crippen MR) is 94.1 cm³/mol. The first-order valence-electron chi connectivity index (χ1n) is 8.68. The van der Waals surface area contributed by atoms with Crippen molar-refractivity contribution in [3.05, 3.63) is 41.3 Å². The molecular formula is C19H24FN3O2. The third-order valence-electron chi connectivity index (χ3n) is 4.78. The Kier molecular flexibility index (Phi) is 5.18. The smallest absolute Gasteiger partial charge is 0.303 e. The van der Waals surface area contributed by atoms with Crippen molar-refractivity contribution in [2.24, 2.45) is 0 Å². The third kappa shape index (κ3) is 3.74. The van der Waals surface area contributed by atoms with Crippen LogP contribution < -0.4 is 0 Å². The molecule has 25 heavy (non-hydrogen) atoms. The monoisotopic (exact) mass is 345 g/mol. The number of hydrogen-bond acceptors (Lipinski definition) is 3. The molecule has 1 unspecified atom stereocenters. The van der Waals surface area contributed by atoms with Gasteiger partial charge in [-0.05, 0) is 51.4 Å². The fourth-order valence-electron chi connectivity index (χ4n) is 3.61. The Labute approximate surface area is 147 Å². The van der Waals surface area contributed by atoms with E-state index in [0.717, 1.165) is 37.1 Å². The van der Waals surface area contributed by atoms with Gasteiger partial charge in [0.15, 0.2) is 0 Å². The highest BCUT2D eigenvalue weighted by molar-refractivity contribution is 5.71. The normalized spacial score (nSPS) is 16.9. The molecule has 1 atom stereocenters. The maximum atomic E-state index is 14.4. The molecule has 1 aromatic heterocycles. The molecule has 0 amide bonds. The van der Waals surface area contributed by atoms with Crippen molar-refractivity contribution in [2.45, 2.75) is 38.1 Å². The first-order valence-corrected chi connectivity index (χ1v) is 8.68. The van der Waals surface area contributed by atoms with E-state index < -0.39 is 5.97 Å². The van der Waals surface area contributed by atoms with Crippen LogP contribution in [0.2, 0.25) is 0 Å². The lowest BCUT2D eigenvalue weighted by atomic mass is 9.82. The molecule has 3 rings (SSSR count). The topological polar surface area (TPSA) is 58.4 Å². The summed E-state index contributed by atoms with van der Waals surface area (Å²) in [7, 11) is 4.00. The average Bonchev–Trinajstić information content (AvgIpc) is 2.92. The quantitative estimate of drug-likeness (QED) is 0.874. The number of carboxylic acids is 1. The zero-order valence-corrected chi connectivity index (χ0v) is 14.7. The van der Waals surface area contributed by atoms with Crippen molar-refractivity contribution in [1.82, 2.24) is 14.7 Å². The molecule has 1 aliphatic carbocycles. The van der Waals surface area contributed by atoms with Crippen LogP contribution in [0.1, 0.15) is 36.4 Å². The van der Waals surface area contributed by atoms with E-state index in [9.17, 15) is 14.3 Å². The van der Waals surface area contributed by atoms with E-state index in [4.69, 9.17) is 5.10 Å². The standard InChI is InChI=1S/C19H24FN3O2/c1-22(2)10-11-23-16-9-5-6-13(12-17(24)25)18(16)19(21-23)14-7-3-4-8-15(14)20/h3-4,7-8,13H,5-6,9-12H2,1-2H3,(H,24,25). The van der Waals surface area contributed by atoms with E-state index in [-0.39, 0.29) is 18.2 Å². The molecule has 1 aliphatic rings. The summed E-state index contributed by atoms with van der Waals surface area (Å²) in [4.78, 5) is 13.4. The van der Waals surface area contributed by atoms with Gasteiger partial charge in [-0.2, -0.15) is 5.10 Å². The number of aromatic nitrogens is 2. The van der Waals surface area contributed by atoms with Crippen molar-refractivity contribution < 1.29 is 14.3 Å². The number of rotatable bonds is 6. The zero-order valence-electron chi connectivity index (χ0n) is 14.7. The molecule has 6 heteroatoms. The van der Waals surface area contributed by atoms with Crippen molar-refractivity contribution in [2.75, 3.05) is 20.6 Å². The summed E-state index contributed by atoms with van der Waals surface area (Å²) in [5.74, 6) is -1.25. The van der Waals surface area contributed by atoms with Crippen LogP contribution in [-0.2, 0) is 17.8 Å². The summed E-state index contributed by atoms with van der Waals surface area (Å²) < 4.78 is 16.3. The SMILES string of the molecule is CN(C)CCn1nc(-c2ccccc2F)c2c1CCCC2CC(=O)O. The Morgan fingerprint density at radius 2 is 2.16 bits per heavy atom. The largest absolute Gasteiger partial charge is 0.481 e. The number of fused-ring (bicyclic) bond motifs is 1. The van der Waals surface area contributed by atoms with Crippen molar-refractivity contribution >= 4 is 5.97 Å². The van der Waals surface area contributed by atoms with Gasteiger partial charge in [-0.25, -0.2) is 4.39 Å². The number of benzene rings is 1. The Morgan fingerprint density at radius 1 is 1.40 bits per heavy atom. The van der Waals surface area contributed by atoms with E-state index in [1.807, 2.05) is 18.8 Å². The van der Waals surface area contributed by atoms with Crippen LogP contribution >= 0.6 is 0 Å². The van der Waals surface area contributed by atoms with Gasteiger partial charge < -0.3 is 10.0 Å². The number of likely N-dealkylation sites (N-methyl/N-ethyl adjacent to an activating group) is 1. The van der Waals surface area contributed by atoms with Gasteiger partial charge in [0.05, 0.1) is 18.7 Å². The van der Waals surface area contributed by atoms with Crippen LogP contribution in [0.15, 0.2) is 24.3 Å². The van der Waals surface area contributed by atoms with Crippen molar-refractivity contribution in [3.63, 3.8) is 0 Å². The highest BCUT2D eigenvalue weighted by atomic mass is 19.1. The number of hydrogen-bond donors (Lipinski definition) is 1. The lowest BCUT2D eigenvalue weighted by Gasteiger charge is -2.23. The predicted octanol–water partition coefficient (Wildman–Crippen LogP) is 3.15. The van der Waals surface area contributed by atoms with E-state index >= 15 is 0 Å². The van der Waals surface area contributed by atoms with E-state index in [2.05, 4.69) is 4.90 Å². The van der Waals surface area contributed by atoms with Crippen LogP contribution in [0.25, 0.3) is 11.3 Å². The van der Waals surface area contributed by atoms with Gasteiger partial charge in [0.25, 0.3) is 0 Å². The van der Waals surface area contributed by atoms with Gasteiger partial charge >= 0.3 is 5.97 Å². The van der Waals surface area contributed by atoms with Crippen molar-refractivity contribution in [1.29, 1.82) is 0 Å². The molecule has 0 radical (unpaired) electrons. The summed E-state index contributed by atoms with van der Waals surface area (Å²) in [6, 6.07) is 6.60. The minimum atomic E-state index is -0.821. The fourth-order valence-corrected chi connectivity index (χ4v) is 3.61. The van der Waals surface area contributed by atoms with Crippen LogP contribution in [0.4, 0.5) is 4.39 Å². The number of halogens is 1. The number of carboxylic acid groups (broad SMARTS) is 1. The number of nitrogens with zero attached hydrogens (tertiary/aromatic N) is 3. The molecule has 1 heterocycles. The Morgan fingerprint density at radius 3 is 2.84 bits per heavy atom. The van der Waals surface area contributed by atoms with Crippen LogP contribution in [0, 0.1) is 5.82 Å². The lowest BCUT2D eigenvalue weighted by molar-refractivity contribution is -0.137. The van der Waals surface area contributed by atoms with Crippen LogP contribution in [0.3, 0.4) is 0 Å². The molecule has 0 bridgehead atoms. The van der Waals surface area contributed by atoms with Crippen molar-refractivity contribution in [3.8, 4) is 11.3 Å². The molecular weight excluding hydrogens is 321 g/mol. The minimum absolute atomic E-state index is 0.0633. The molecule has 0 fully saturated rings. The highest BCUT2D eigenvalue weighted by Crippen LogP contribution is 2.40. The average molecular weight is 345 g/mol. The van der Waals surface area contributed by atoms with Gasteiger partial charge in [-0.3, -0.25) is 9.48 Å². The molecule has 0 aliphatic heterocycles. The highest BCUT2D eigenvalue weighted by Gasteiger charge is 2.31. The summed E-state index contributed by atoms with van der Waals surface area (Å²) in [6.45, 7) is 1.54. The summed E-state index contributed by atoms with van der Waals surface area (Å²) in [5.41, 5.74) is 3.06.